The molecule has 0 saturated carbocycles. The Hall–Kier alpha value is -2.83. The van der Waals surface area contributed by atoms with Crippen LogP contribution in [0.4, 0.5) is 24.5 Å². The van der Waals surface area contributed by atoms with Gasteiger partial charge in [0.1, 0.15) is 6.54 Å². The van der Waals surface area contributed by atoms with Gasteiger partial charge in [-0.15, -0.1) is 0 Å². The Morgan fingerprint density at radius 1 is 1.00 bits per heavy atom. The lowest BCUT2D eigenvalue weighted by molar-refractivity contribution is -0.137. The molecular formula is C19H19F3N2O2. The van der Waals surface area contributed by atoms with Crippen LogP contribution in [0.1, 0.15) is 25.0 Å². The standard InChI is InChI=1S/C19H19F3N2O2/c1-3-14-4-8-16(9-5-14)23-18(26)12-24(13(2)25)17-10-6-15(7-11-17)19(20,21)22/h4-11H,3,12H2,1-2H3,(H,23,26). The first kappa shape index (κ1) is 19.5. The van der Waals surface area contributed by atoms with Gasteiger partial charge in [0.05, 0.1) is 5.56 Å². The molecule has 26 heavy (non-hydrogen) atoms. The van der Waals surface area contributed by atoms with Crippen LogP contribution in [0.5, 0.6) is 0 Å². The van der Waals surface area contributed by atoms with Crippen molar-refractivity contribution >= 4 is 23.2 Å². The van der Waals surface area contributed by atoms with Crippen molar-refractivity contribution in [2.45, 2.75) is 26.4 Å². The molecule has 0 unspecified atom stereocenters. The van der Waals surface area contributed by atoms with Gasteiger partial charge in [-0.2, -0.15) is 13.2 Å². The quantitative estimate of drug-likeness (QED) is 0.862. The Kier molecular flexibility index (Phi) is 6.02. The van der Waals surface area contributed by atoms with Crippen molar-refractivity contribution in [2.75, 3.05) is 16.8 Å². The van der Waals surface area contributed by atoms with Gasteiger partial charge in [-0.25, -0.2) is 0 Å². The normalized spacial score (nSPS) is 11.1. The van der Waals surface area contributed by atoms with Gasteiger partial charge < -0.3 is 10.2 Å². The highest BCUT2D eigenvalue weighted by Gasteiger charge is 2.30. The lowest BCUT2D eigenvalue weighted by Crippen LogP contribution is -2.36. The van der Waals surface area contributed by atoms with Crippen LogP contribution in [-0.2, 0) is 22.2 Å². The Labute approximate surface area is 149 Å². The van der Waals surface area contributed by atoms with Crippen LogP contribution in [0.3, 0.4) is 0 Å². The minimum absolute atomic E-state index is 0.224. The fourth-order valence-electron chi connectivity index (χ4n) is 2.38. The first-order chi connectivity index (χ1) is 12.2. The molecule has 0 heterocycles. The van der Waals surface area contributed by atoms with E-state index in [1.165, 1.54) is 19.1 Å². The van der Waals surface area contributed by atoms with Crippen LogP contribution in [0.15, 0.2) is 48.5 Å². The Morgan fingerprint density at radius 2 is 1.58 bits per heavy atom. The van der Waals surface area contributed by atoms with E-state index in [1.54, 1.807) is 12.1 Å². The number of nitrogens with zero attached hydrogens (tertiary/aromatic N) is 1. The van der Waals surface area contributed by atoms with E-state index in [-0.39, 0.29) is 12.2 Å². The summed E-state index contributed by atoms with van der Waals surface area (Å²) in [5.41, 5.74) is 1.12. The van der Waals surface area contributed by atoms with Crippen molar-refractivity contribution in [1.82, 2.24) is 0 Å². The number of carbonyl (C=O) groups excluding carboxylic acids is 2. The van der Waals surface area contributed by atoms with E-state index in [0.29, 0.717) is 5.69 Å². The molecule has 0 saturated heterocycles. The zero-order valence-corrected chi connectivity index (χ0v) is 14.4. The van der Waals surface area contributed by atoms with Gasteiger partial charge in [-0.05, 0) is 48.4 Å². The second-order valence-electron chi connectivity index (χ2n) is 5.75. The maximum absolute atomic E-state index is 12.6. The number of halogens is 3. The molecule has 138 valence electrons. The number of rotatable bonds is 5. The minimum atomic E-state index is -4.46. The van der Waals surface area contributed by atoms with E-state index in [2.05, 4.69) is 5.32 Å². The molecule has 0 bridgehead atoms. The zero-order valence-electron chi connectivity index (χ0n) is 14.4. The number of anilines is 2. The number of aryl methyl sites for hydroxylation is 1. The van der Waals surface area contributed by atoms with E-state index in [9.17, 15) is 22.8 Å². The fourth-order valence-corrected chi connectivity index (χ4v) is 2.38. The summed E-state index contributed by atoms with van der Waals surface area (Å²) in [4.78, 5) is 25.1. The van der Waals surface area contributed by atoms with Crippen molar-refractivity contribution < 1.29 is 22.8 Å². The molecule has 7 heteroatoms. The number of hydrogen-bond donors (Lipinski definition) is 1. The van der Waals surface area contributed by atoms with Gasteiger partial charge in [-0.1, -0.05) is 19.1 Å². The Balaban J connectivity index is 2.09. The van der Waals surface area contributed by atoms with Gasteiger partial charge >= 0.3 is 6.18 Å². The van der Waals surface area contributed by atoms with Gasteiger partial charge in [0.2, 0.25) is 11.8 Å². The largest absolute Gasteiger partial charge is 0.416 e. The first-order valence-corrected chi connectivity index (χ1v) is 8.05. The second-order valence-corrected chi connectivity index (χ2v) is 5.75. The monoisotopic (exact) mass is 364 g/mol. The SMILES string of the molecule is CCc1ccc(NC(=O)CN(C(C)=O)c2ccc(C(F)(F)F)cc2)cc1. The number of alkyl halides is 3. The molecule has 2 aromatic rings. The van der Waals surface area contributed by atoms with Crippen molar-refractivity contribution in [3.63, 3.8) is 0 Å². The fraction of sp³-hybridized carbons (Fsp3) is 0.263. The molecule has 0 fully saturated rings. The van der Waals surface area contributed by atoms with Gasteiger partial charge in [0.15, 0.2) is 0 Å². The maximum atomic E-state index is 12.6. The number of benzene rings is 2. The average molecular weight is 364 g/mol. The van der Waals surface area contributed by atoms with Crippen molar-refractivity contribution in [1.29, 1.82) is 0 Å². The molecule has 4 nitrogen and oxygen atoms in total. The van der Waals surface area contributed by atoms with Crippen LogP contribution >= 0.6 is 0 Å². The third-order valence-corrected chi connectivity index (χ3v) is 3.83. The van der Waals surface area contributed by atoms with Crippen LogP contribution in [0.2, 0.25) is 0 Å². The lowest BCUT2D eigenvalue weighted by Gasteiger charge is -2.21. The second kappa shape index (κ2) is 8.03. The lowest BCUT2D eigenvalue weighted by atomic mass is 10.1. The summed E-state index contributed by atoms with van der Waals surface area (Å²) in [5, 5.41) is 2.67. The average Bonchev–Trinajstić information content (AvgIpc) is 2.59. The molecule has 0 spiro atoms. The summed E-state index contributed by atoms with van der Waals surface area (Å²) in [7, 11) is 0. The molecule has 2 amide bonds. The Bertz CT molecular complexity index is 769. The van der Waals surface area contributed by atoms with E-state index in [4.69, 9.17) is 0 Å². The Morgan fingerprint density at radius 3 is 2.04 bits per heavy atom. The first-order valence-electron chi connectivity index (χ1n) is 8.05. The number of amides is 2. The topological polar surface area (TPSA) is 49.4 Å². The summed E-state index contributed by atoms with van der Waals surface area (Å²) < 4.78 is 37.9. The summed E-state index contributed by atoms with van der Waals surface area (Å²) in [6, 6.07) is 11.4. The van der Waals surface area contributed by atoms with Gasteiger partial charge in [0, 0.05) is 18.3 Å². The molecule has 0 aliphatic carbocycles. The van der Waals surface area contributed by atoms with Gasteiger partial charge in [0.25, 0.3) is 0 Å². The van der Waals surface area contributed by atoms with E-state index in [1.807, 2.05) is 19.1 Å². The summed E-state index contributed by atoms with van der Waals surface area (Å²) in [6.45, 7) is 2.97. The van der Waals surface area contributed by atoms with Crippen molar-refractivity contribution in [2.24, 2.45) is 0 Å². The molecule has 1 N–H and O–H groups in total. The van der Waals surface area contributed by atoms with Crippen molar-refractivity contribution in [3.8, 4) is 0 Å². The van der Waals surface area contributed by atoms with E-state index < -0.39 is 23.6 Å². The highest BCUT2D eigenvalue weighted by atomic mass is 19.4. The summed E-state index contributed by atoms with van der Waals surface area (Å²) in [5.74, 6) is -0.884. The molecule has 2 rings (SSSR count). The van der Waals surface area contributed by atoms with Crippen LogP contribution in [-0.4, -0.2) is 18.4 Å². The predicted octanol–water partition coefficient (Wildman–Crippen LogP) is 4.26. The molecular weight excluding hydrogens is 345 g/mol. The zero-order chi connectivity index (χ0) is 19.3. The highest BCUT2D eigenvalue weighted by molar-refractivity contribution is 6.01. The smallest absolute Gasteiger partial charge is 0.325 e. The maximum Gasteiger partial charge on any atom is 0.416 e. The molecule has 2 aromatic carbocycles. The molecule has 0 aliphatic rings. The number of hydrogen-bond acceptors (Lipinski definition) is 2. The predicted molar refractivity (Wildman–Crippen MR) is 93.9 cm³/mol. The summed E-state index contributed by atoms with van der Waals surface area (Å²) >= 11 is 0. The minimum Gasteiger partial charge on any atom is -0.325 e. The molecule has 0 radical (unpaired) electrons. The van der Waals surface area contributed by atoms with E-state index in [0.717, 1.165) is 29.0 Å². The van der Waals surface area contributed by atoms with Gasteiger partial charge in [-0.3, -0.25) is 9.59 Å². The van der Waals surface area contributed by atoms with Crippen LogP contribution < -0.4 is 10.2 Å². The van der Waals surface area contributed by atoms with Crippen LogP contribution in [0.25, 0.3) is 0 Å². The van der Waals surface area contributed by atoms with Crippen molar-refractivity contribution in [3.05, 3.63) is 59.7 Å². The highest BCUT2D eigenvalue weighted by Crippen LogP contribution is 2.30. The molecule has 0 aliphatic heterocycles. The molecule has 0 atom stereocenters. The molecule has 0 aromatic heterocycles. The van der Waals surface area contributed by atoms with Crippen LogP contribution in [0, 0.1) is 0 Å². The third-order valence-electron chi connectivity index (χ3n) is 3.83. The van der Waals surface area contributed by atoms with E-state index >= 15 is 0 Å². The summed E-state index contributed by atoms with van der Waals surface area (Å²) in [6.07, 6.45) is -3.58. The number of nitrogens with one attached hydrogen (secondary N) is 1. The third kappa shape index (κ3) is 5.08. The number of carbonyl (C=O) groups is 2.